The maximum Gasteiger partial charge on any atom is 0.315 e. The van der Waals surface area contributed by atoms with Crippen LogP contribution in [0.2, 0.25) is 0 Å². The molecule has 6 heteroatoms. The van der Waals surface area contributed by atoms with E-state index in [-0.39, 0.29) is 11.7 Å². The lowest BCUT2D eigenvalue weighted by Crippen LogP contribution is -2.09. The third-order valence-electron chi connectivity index (χ3n) is 4.24. The molecule has 1 aliphatic carbocycles. The highest BCUT2D eigenvalue weighted by atomic mass is 19.1. The van der Waals surface area contributed by atoms with Crippen molar-refractivity contribution in [2.24, 2.45) is 0 Å². The number of benzene rings is 1. The van der Waals surface area contributed by atoms with Crippen molar-refractivity contribution in [1.29, 1.82) is 0 Å². The van der Waals surface area contributed by atoms with Crippen molar-refractivity contribution in [2.75, 3.05) is 11.9 Å². The lowest BCUT2D eigenvalue weighted by Gasteiger charge is -2.15. The van der Waals surface area contributed by atoms with Gasteiger partial charge in [-0.15, -0.1) is 5.10 Å². The molecule has 1 N–H and O–H groups in total. The third kappa shape index (κ3) is 3.32. The number of rotatable bonds is 7. The van der Waals surface area contributed by atoms with E-state index in [2.05, 4.69) is 15.5 Å². The van der Waals surface area contributed by atoms with Crippen LogP contribution >= 0.6 is 0 Å². The van der Waals surface area contributed by atoms with E-state index in [1.807, 2.05) is 12.1 Å². The molecule has 1 atom stereocenters. The van der Waals surface area contributed by atoms with Crippen molar-refractivity contribution in [3.8, 4) is 0 Å². The molecule has 1 aromatic carbocycles. The van der Waals surface area contributed by atoms with Gasteiger partial charge in [0.05, 0.1) is 6.26 Å². The molecule has 1 saturated carbocycles. The average molecular weight is 327 g/mol. The highest BCUT2D eigenvalue weighted by Crippen LogP contribution is 2.39. The Balaban J connectivity index is 1.42. The summed E-state index contributed by atoms with van der Waals surface area (Å²) in [7, 11) is 0. The van der Waals surface area contributed by atoms with E-state index in [4.69, 9.17) is 8.83 Å². The molecular formula is C18H18FN3O2. The zero-order chi connectivity index (χ0) is 16.4. The largest absolute Gasteiger partial charge is 0.469 e. The van der Waals surface area contributed by atoms with Crippen molar-refractivity contribution >= 4 is 6.01 Å². The Labute approximate surface area is 138 Å². The molecule has 0 unspecified atom stereocenters. The van der Waals surface area contributed by atoms with Gasteiger partial charge in [0, 0.05) is 18.4 Å². The lowest BCUT2D eigenvalue weighted by molar-refractivity contribution is 0.473. The highest BCUT2D eigenvalue weighted by molar-refractivity contribution is 5.28. The zero-order valence-electron chi connectivity index (χ0n) is 13.1. The second-order valence-electron chi connectivity index (χ2n) is 6.05. The van der Waals surface area contributed by atoms with Gasteiger partial charge >= 0.3 is 6.01 Å². The van der Waals surface area contributed by atoms with Crippen molar-refractivity contribution in [3.05, 3.63) is 65.7 Å². The van der Waals surface area contributed by atoms with E-state index in [0.717, 1.165) is 36.5 Å². The van der Waals surface area contributed by atoms with Crippen LogP contribution in [-0.4, -0.2) is 16.7 Å². The van der Waals surface area contributed by atoms with Crippen LogP contribution in [-0.2, 0) is 0 Å². The van der Waals surface area contributed by atoms with Crippen molar-refractivity contribution in [3.63, 3.8) is 0 Å². The van der Waals surface area contributed by atoms with Gasteiger partial charge in [0.25, 0.3) is 0 Å². The molecule has 3 aromatic rings. The van der Waals surface area contributed by atoms with Crippen LogP contribution < -0.4 is 5.32 Å². The van der Waals surface area contributed by atoms with E-state index >= 15 is 0 Å². The molecule has 0 bridgehead atoms. The second-order valence-corrected chi connectivity index (χ2v) is 6.05. The van der Waals surface area contributed by atoms with Crippen molar-refractivity contribution in [2.45, 2.75) is 31.1 Å². The third-order valence-corrected chi connectivity index (χ3v) is 4.24. The summed E-state index contributed by atoms with van der Waals surface area (Å²) in [6.07, 6.45) is 4.68. The maximum absolute atomic E-state index is 13.2. The van der Waals surface area contributed by atoms with Gasteiger partial charge in [0.15, 0.2) is 0 Å². The first kappa shape index (κ1) is 14.9. The minimum atomic E-state index is -0.242. The van der Waals surface area contributed by atoms with Crippen LogP contribution in [0.3, 0.4) is 0 Å². The standard InChI is InChI=1S/C18H18FN3O2/c19-14-7-5-12(6-8-14)15(16-2-1-11-23-16)9-10-20-18-22-21-17(24-18)13-3-4-13/h1-2,5-8,11,13,15H,3-4,9-10H2,(H,20,22)/t15-/m1/s1. The molecule has 0 spiro atoms. The van der Waals surface area contributed by atoms with Crippen LogP contribution in [0.25, 0.3) is 0 Å². The molecule has 5 nitrogen and oxygen atoms in total. The Bertz CT molecular complexity index is 779. The van der Waals surface area contributed by atoms with Gasteiger partial charge in [-0.05, 0) is 49.1 Å². The Morgan fingerprint density at radius 1 is 1.17 bits per heavy atom. The molecule has 0 amide bonds. The van der Waals surface area contributed by atoms with Gasteiger partial charge in [-0.3, -0.25) is 0 Å². The molecule has 0 radical (unpaired) electrons. The van der Waals surface area contributed by atoms with E-state index in [0.29, 0.717) is 18.5 Å². The highest BCUT2D eigenvalue weighted by Gasteiger charge is 2.29. The van der Waals surface area contributed by atoms with Gasteiger partial charge in [0.1, 0.15) is 11.6 Å². The molecular weight excluding hydrogens is 309 g/mol. The minimum Gasteiger partial charge on any atom is -0.469 e. The number of nitrogens with zero attached hydrogens (tertiary/aromatic N) is 2. The van der Waals surface area contributed by atoms with Crippen molar-refractivity contribution < 1.29 is 13.2 Å². The fraction of sp³-hybridized carbons (Fsp3) is 0.333. The first-order chi connectivity index (χ1) is 11.8. The predicted octanol–water partition coefficient (Wildman–Crippen LogP) is 4.31. The molecule has 0 saturated heterocycles. The van der Waals surface area contributed by atoms with Crippen LogP contribution in [0.1, 0.15) is 48.3 Å². The molecule has 0 aliphatic heterocycles. The second kappa shape index (κ2) is 6.47. The van der Waals surface area contributed by atoms with Gasteiger partial charge < -0.3 is 14.2 Å². The summed E-state index contributed by atoms with van der Waals surface area (Å²) in [5.74, 6) is 1.82. The topological polar surface area (TPSA) is 64.1 Å². The molecule has 1 fully saturated rings. The predicted molar refractivity (Wildman–Crippen MR) is 86.3 cm³/mol. The van der Waals surface area contributed by atoms with Gasteiger partial charge in [-0.2, -0.15) is 0 Å². The van der Waals surface area contributed by atoms with E-state index in [1.165, 1.54) is 12.1 Å². The SMILES string of the molecule is Fc1ccc([C@@H](CCNc2nnc(C3CC3)o2)c2ccco2)cc1. The number of furan rings is 1. The normalized spacial score (nSPS) is 15.4. The molecule has 2 heterocycles. The lowest BCUT2D eigenvalue weighted by atomic mass is 9.93. The summed E-state index contributed by atoms with van der Waals surface area (Å²) < 4.78 is 24.3. The first-order valence-corrected chi connectivity index (χ1v) is 8.16. The summed E-state index contributed by atoms with van der Waals surface area (Å²) in [4.78, 5) is 0. The number of hydrogen-bond donors (Lipinski definition) is 1. The average Bonchev–Trinajstić information content (AvgIpc) is 3.10. The number of halogens is 1. The number of aromatic nitrogens is 2. The zero-order valence-corrected chi connectivity index (χ0v) is 13.1. The van der Waals surface area contributed by atoms with E-state index < -0.39 is 0 Å². The fourth-order valence-corrected chi connectivity index (χ4v) is 2.78. The first-order valence-electron chi connectivity index (χ1n) is 8.16. The smallest absolute Gasteiger partial charge is 0.315 e. The van der Waals surface area contributed by atoms with Gasteiger partial charge in [-0.25, -0.2) is 4.39 Å². The summed E-state index contributed by atoms with van der Waals surface area (Å²) in [5.41, 5.74) is 1.01. The number of anilines is 1. The molecule has 1 aliphatic rings. The Morgan fingerprint density at radius 3 is 2.71 bits per heavy atom. The van der Waals surface area contributed by atoms with Crippen LogP contribution in [0.4, 0.5) is 10.4 Å². The van der Waals surface area contributed by atoms with E-state index in [1.54, 1.807) is 18.4 Å². The monoisotopic (exact) mass is 327 g/mol. The van der Waals surface area contributed by atoms with Crippen LogP contribution in [0.5, 0.6) is 0 Å². The molecule has 124 valence electrons. The number of hydrogen-bond acceptors (Lipinski definition) is 5. The van der Waals surface area contributed by atoms with Gasteiger partial charge in [-0.1, -0.05) is 17.2 Å². The van der Waals surface area contributed by atoms with Crippen LogP contribution in [0, 0.1) is 5.82 Å². The van der Waals surface area contributed by atoms with Crippen LogP contribution in [0.15, 0.2) is 51.5 Å². The van der Waals surface area contributed by atoms with E-state index in [9.17, 15) is 4.39 Å². The quantitative estimate of drug-likeness (QED) is 0.700. The van der Waals surface area contributed by atoms with Gasteiger partial charge in [0.2, 0.25) is 5.89 Å². The Hall–Kier alpha value is -2.63. The summed E-state index contributed by atoms with van der Waals surface area (Å²) in [6.45, 7) is 0.648. The Kier molecular flexibility index (Phi) is 4.02. The number of nitrogens with one attached hydrogen (secondary N) is 1. The minimum absolute atomic E-state index is 0.0407. The summed E-state index contributed by atoms with van der Waals surface area (Å²) in [5, 5.41) is 11.2. The molecule has 2 aromatic heterocycles. The van der Waals surface area contributed by atoms with Crippen molar-refractivity contribution in [1.82, 2.24) is 10.2 Å². The summed E-state index contributed by atoms with van der Waals surface area (Å²) >= 11 is 0. The Morgan fingerprint density at radius 2 is 2.00 bits per heavy atom. The maximum atomic E-state index is 13.2. The summed E-state index contributed by atoms with van der Waals surface area (Å²) in [6, 6.07) is 10.8. The molecule has 4 rings (SSSR count). The fourth-order valence-electron chi connectivity index (χ4n) is 2.78. The molecule has 24 heavy (non-hydrogen) atoms.